The van der Waals surface area contributed by atoms with Gasteiger partial charge in [0.05, 0.1) is 0 Å². The molecule has 1 heteroatoms. The first-order chi connectivity index (χ1) is 8.68. The van der Waals surface area contributed by atoms with E-state index in [1.54, 1.807) is 0 Å². The molecule has 2 atom stereocenters. The molecule has 2 bridgehead atoms. The molecule has 0 fully saturated rings. The molecule has 2 aliphatic carbocycles. The van der Waals surface area contributed by atoms with Gasteiger partial charge in [0.15, 0.2) is 0 Å². The van der Waals surface area contributed by atoms with Crippen LogP contribution < -0.4 is 4.46 Å². The van der Waals surface area contributed by atoms with Crippen LogP contribution in [0.25, 0.3) is 0 Å². The fraction of sp³-hybridized carbons (Fsp3) is 0.294. The first kappa shape index (κ1) is 12.0. The quantitative estimate of drug-likeness (QED) is 0.580. The molecule has 0 N–H and O–H groups in total. The van der Waals surface area contributed by atoms with E-state index in [4.69, 9.17) is 0 Å². The van der Waals surface area contributed by atoms with Crippen molar-refractivity contribution in [1.82, 2.24) is 0 Å². The molecule has 2 aliphatic rings. The minimum atomic E-state index is 0.367. The van der Waals surface area contributed by atoms with Crippen LogP contribution in [-0.4, -0.2) is 15.0 Å². The van der Waals surface area contributed by atoms with Crippen LogP contribution in [0.3, 0.4) is 0 Å². The van der Waals surface area contributed by atoms with Crippen molar-refractivity contribution in [2.75, 3.05) is 0 Å². The number of hydrogen-bond donors (Lipinski definition) is 0. The van der Waals surface area contributed by atoms with Crippen molar-refractivity contribution in [2.24, 2.45) is 11.8 Å². The first-order valence-electron chi connectivity index (χ1n) is 6.47. The van der Waals surface area contributed by atoms with Crippen LogP contribution in [0.15, 0.2) is 60.7 Å². The Bertz CT molecular complexity index is 497. The van der Waals surface area contributed by atoms with E-state index in [-0.39, 0.29) is 0 Å². The number of benzene rings is 1. The fourth-order valence-electron chi connectivity index (χ4n) is 2.72. The Labute approximate surface area is 116 Å². The molecule has 2 unspecified atom stereocenters. The molecule has 0 saturated carbocycles. The normalized spacial score (nSPS) is 32.8. The van der Waals surface area contributed by atoms with Crippen LogP contribution in [0.2, 0.25) is 4.31 Å². The van der Waals surface area contributed by atoms with Crippen LogP contribution in [-0.2, 0) is 0 Å². The molecule has 0 radical (unpaired) electrons. The molecule has 3 rings (SSSR count). The van der Waals surface area contributed by atoms with Gasteiger partial charge in [-0.3, -0.25) is 0 Å². The summed E-state index contributed by atoms with van der Waals surface area (Å²) in [5.41, 5.74) is 1.35. The monoisotopic (exact) mass is 302 g/mol. The van der Waals surface area contributed by atoms with Crippen molar-refractivity contribution in [3.05, 3.63) is 66.3 Å². The molecule has 92 valence electrons. The van der Waals surface area contributed by atoms with E-state index in [0.717, 1.165) is 0 Å². The van der Waals surface area contributed by atoms with E-state index in [1.807, 2.05) is 0 Å². The number of fused-ring (bicyclic) bond motifs is 2. The van der Waals surface area contributed by atoms with Gasteiger partial charge >= 0.3 is 116 Å². The SMILES string of the molecule is Cc1ccc([Se]C2(C)C3C=CC=CC2C=C3)cc1. The zero-order valence-corrected chi connectivity index (χ0v) is 12.5. The Balaban J connectivity index is 1.90. The maximum atomic E-state index is 2.45. The van der Waals surface area contributed by atoms with Crippen LogP contribution in [0.4, 0.5) is 0 Å². The summed E-state index contributed by atoms with van der Waals surface area (Å²) in [6.07, 6.45) is 13.9. The predicted octanol–water partition coefficient (Wildman–Crippen LogP) is 3.43. The van der Waals surface area contributed by atoms with E-state index in [0.29, 0.717) is 31.1 Å². The van der Waals surface area contributed by atoms with E-state index in [2.05, 4.69) is 74.6 Å². The van der Waals surface area contributed by atoms with Gasteiger partial charge in [-0.25, -0.2) is 0 Å². The summed E-state index contributed by atoms with van der Waals surface area (Å²) in [5, 5.41) is 0. The molecule has 0 spiro atoms. The summed E-state index contributed by atoms with van der Waals surface area (Å²) in [6.45, 7) is 4.60. The summed E-state index contributed by atoms with van der Waals surface area (Å²) in [5.74, 6) is 1.19. The van der Waals surface area contributed by atoms with Crippen LogP contribution in [0.1, 0.15) is 12.5 Å². The van der Waals surface area contributed by atoms with Gasteiger partial charge in [0, 0.05) is 0 Å². The van der Waals surface area contributed by atoms with Gasteiger partial charge in [0.2, 0.25) is 0 Å². The third-order valence-corrected chi connectivity index (χ3v) is 7.09. The molecule has 0 amide bonds. The standard InChI is InChI=1S/C17H18Se/c1-13-7-11-16(12-8-13)18-17(2)14-5-3-4-6-15(17)10-9-14/h3-12,14-15H,1-2H3. The molecule has 0 nitrogen and oxygen atoms in total. The number of rotatable bonds is 2. The van der Waals surface area contributed by atoms with Crippen LogP contribution in [0, 0.1) is 18.8 Å². The van der Waals surface area contributed by atoms with Crippen molar-refractivity contribution in [2.45, 2.75) is 18.2 Å². The second-order valence-corrected chi connectivity index (χ2v) is 8.57. The van der Waals surface area contributed by atoms with Crippen molar-refractivity contribution >= 4 is 19.4 Å². The first-order valence-corrected chi connectivity index (χ1v) is 8.19. The van der Waals surface area contributed by atoms with Gasteiger partial charge < -0.3 is 0 Å². The Kier molecular flexibility index (Phi) is 3.05. The van der Waals surface area contributed by atoms with E-state index in [1.165, 1.54) is 10.0 Å². The average Bonchev–Trinajstić information content (AvgIpc) is 2.51. The Morgan fingerprint density at radius 3 is 2.00 bits per heavy atom. The fourth-order valence-corrected chi connectivity index (χ4v) is 5.59. The van der Waals surface area contributed by atoms with Gasteiger partial charge in [-0.15, -0.1) is 0 Å². The van der Waals surface area contributed by atoms with E-state index in [9.17, 15) is 0 Å². The van der Waals surface area contributed by atoms with Gasteiger partial charge in [-0.1, -0.05) is 0 Å². The van der Waals surface area contributed by atoms with Gasteiger partial charge in [0.1, 0.15) is 0 Å². The second kappa shape index (κ2) is 4.57. The number of allylic oxidation sites excluding steroid dienone is 6. The minimum absolute atomic E-state index is 0.367. The summed E-state index contributed by atoms with van der Waals surface area (Å²) in [6, 6.07) is 9.08. The van der Waals surface area contributed by atoms with Crippen LogP contribution in [0.5, 0.6) is 0 Å². The van der Waals surface area contributed by atoms with Crippen molar-refractivity contribution in [3.8, 4) is 0 Å². The van der Waals surface area contributed by atoms with Gasteiger partial charge in [-0.05, 0) is 0 Å². The average molecular weight is 301 g/mol. The molecular weight excluding hydrogens is 283 g/mol. The third-order valence-electron chi connectivity index (χ3n) is 3.96. The van der Waals surface area contributed by atoms with E-state index >= 15 is 0 Å². The summed E-state index contributed by atoms with van der Waals surface area (Å²) >= 11 is 0.499. The van der Waals surface area contributed by atoms with Gasteiger partial charge in [-0.2, -0.15) is 0 Å². The summed E-state index contributed by atoms with van der Waals surface area (Å²) in [4.78, 5) is 0. The molecule has 1 aromatic rings. The zero-order valence-electron chi connectivity index (χ0n) is 10.8. The van der Waals surface area contributed by atoms with Gasteiger partial charge in [0.25, 0.3) is 0 Å². The van der Waals surface area contributed by atoms with Crippen molar-refractivity contribution in [3.63, 3.8) is 0 Å². The summed E-state index contributed by atoms with van der Waals surface area (Å²) in [7, 11) is 0. The van der Waals surface area contributed by atoms with Crippen molar-refractivity contribution < 1.29 is 0 Å². The molecule has 0 aromatic heterocycles. The molecule has 0 heterocycles. The Morgan fingerprint density at radius 1 is 0.889 bits per heavy atom. The summed E-state index contributed by atoms with van der Waals surface area (Å²) < 4.78 is 1.88. The Hall–Kier alpha value is -1.04. The molecule has 18 heavy (non-hydrogen) atoms. The second-order valence-electron chi connectivity index (χ2n) is 5.31. The predicted molar refractivity (Wildman–Crippen MR) is 79.3 cm³/mol. The third kappa shape index (κ3) is 2.02. The van der Waals surface area contributed by atoms with E-state index < -0.39 is 0 Å². The number of aryl methyl sites for hydroxylation is 1. The van der Waals surface area contributed by atoms with Crippen molar-refractivity contribution in [1.29, 1.82) is 0 Å². The zero-order chi connectivity index (χ0) is 12.6. The maximum absolute atomic E-state index is 2.45. The van der Waals surface area contributed by atoms with Crippen LogP contribution >= 0.6 is 0 Å². The Morgan fingerprint density at radius 2 is 1.44 bits per heavy atom. The molecule has 0 aliphatic heterocycles. The molecule has 1 aromatic carbocycles. The molecular formula is C17H18Se. The number of hydrogen-bond acceptors (Lipinski definition) is 0. The topological polar surface area (TPSA) is 0 Å². The molecule has 0 saturated heterocycles.